The number of nitrogens with zero attached hydrogens (tertiary/aromatic N) is 4. The van der Waals surface area contributed by atoms with Crippen LogP contribution in [-0.2, 0) is 0 Å². The fourth-order valence-electron chi connectivity index (χ4n) is 6.70. The molecule has 0 radical (unpaired) electrons. The van der Waals surface area contributed by atoms with Gasteiger partial charge in [0, 0.05) is 0 Å². The van der Waals surface area contributed by atoms with E-state index in [0.29, 0.717) is 0 Å². The standard InChI is InChI=1S/C28F48GeN4S8/c29-13(30,31)5(14(32,33)34)1(82-9(86-5,21(53,54)55)22(56,57)58)78-77(79-2-6(15(35,36)37,16(38,39)40)87-10(83-2,23(59,60)61)24(62,63)64,80-3-7(17(41,42)43,18(44,45)46)88-11(84-3,25(65,66)67)26(68,69)70)81-4-8(19(47,48)49,20(50,51)52)89-12(85-4,27(71,72)73)28(74,75)76/b78-1-,79-2-,80-3-,81-4-. The van der Waals surface area contributed by atoms with Gasteiger partial charge in [-0.15, -0.1) is 0 Å². The Morgan fingerprint density at radius 3 is 0.360 bits per heavy atom. The number of alkyl halides is 48. The summed E-state index contributed by atoms with van der Waals surface area (Å²) in [6, 6.07) is 0. The SMILES string of the molecule is FC(F)(F)C1(C(F)(F)F)S/C(=[N]\[Ge](/[N]=C2\SC(C(F)(F)F)(C(F)(F)F)SC2(C(F)(F)F)C(F)(F)F)(/[N]=C2\SC(C(F)(F)F)(C(F)(F)F)SC2(C(F)(F)F)C(F)(F)F)/[N]=C2\SC(C(F)(F)F)(C(F)(F)F)SC2(C(F)(F)F)C(F)(F)F)C(C(F)(F)F)(C(F)(F)F)S1. The summed E-state index contributed by atoms with van der Waals surface area (Å²) in [7, 11) is 0. The summed E-state index contributed by atoms with van der Waals surface area (Å²) in [4.78, 5) is 0. The van der Waals surface area contributed by atoms with Gasteiger partial charge in [0.1, 0.15) is 0 Å². The van der Waals surface area contributed by atoms with Crippen LogP contribution in [0.5, 0.6) is 0 Å². The second-order valence-corrected chi connectivity index (χ2v) is 32.2. The second-order valence-electron chi connectivity index (χ2n) is 16.2. The Kier molecular flexibility index (Phi) is 19.2. The average molecular weight is 1630 g/mol. The molecule has 4 fully saturated rings. The van der Waals surface area contributed by atoms with Crippen molar-refractivity contribution in [3.05, 3.63) is 0 Å². The van der Waals surface area contributed by atoms with Crippen LogP contribution in [-0.4, -0.2) is 168 Å². The Balaban J connectivity index is 2.99. The Hall–Kier alpha value is -1.34. The number of thioether (sulfide) groups is 8. The maximum atomic E-state index is 15.1. The number of halogens is 48. The van der Waals surface area contributed by atoms with Gasteiger partial charge in [0.15, 0.2) is 0 Å². The van der Waals surface area contributed by atoms with Crippen molar-refractivity contribution >= 4 is 128 Å². The first-order chi connectivity index (χ1) is 38.1. The van der Waals surface area contributed by atoms with E-state index in [0.717, 1.165) is 15.8 Å². The summed E-state index contributed by atoms with van der Waals surface area (Å²) < 4.78 is 654. The molecule has 0 aromatic heterocycles. The first-order valence-corrected chi connectivity index (χ1v) is 29.4. The van der Waals surface area contributed by atoms with Crippen LogP contribution in [0.4, 0.5) is 211 Å². The molecule has 0 aliphatic carbocycles. The molecule has 0 unspecified atom stereocenters. The summed E-state index contributed by atoms with van der Waals surface area (Å²) in [5.74, 6) is 0. The Morgan fingerprint density at radius 2 is 0.281 bits per heavy atom. The Bertz CT molecular complexity index is 2330. The van der Waals surface area contributed by atoms with Gasteiger partial charge < -0.3 is 0 Å². The van der Waals surface area contributed by atoms with Crippen molar-refractivity contribution in [3.63, 3.8) is 0 Å². The van der Waals surface area contributed by atoms with E-state index in [4.69, 9.17) is 0 Å². The van der Waals surface area contributed by atoms with E-state index < -0.39 is 263 Å². The molecule has 0 aromatic rings. The van der Waals surface area contributed by atoms with Crippen molar-refractivity contribution in [2.75, 3.05) is 0 Å². The second kappa shape index (κ2) is 21.3. The zero-order valence-electron chi connectivity index (χ0n) is 37.7. The molecule has 0 aromatic carbocycles. The van der Waals surface area contributed by atoms with E-state index >= 15 is 105 Å². The molecule has 0 spiro atoms. The summed E-state index contributed by atoms with van der Waals surface area (Å²) in [5.41, 5.74) is 0. The van der Waals surface area contributed by atoms with Gasteiger partial charge >= 0.3 is 489 Å². The van der Waals surface area contributed by atoms with Gasteiger partial charge in [-0.3, -0.25) is 0 Å². The zero-order chi connectivity index (χ0) is 71.3. The van der Waals surface area contributed by atoms with E-state index in [2.05, 4.69) is 0 Å². The molecule has 4 heterocycles. The van der Waals surface area contributed by atoms with Crippen molar-refractivity contribution < 1.29 is 211 Å². The topological polar surface area (TPSA) is 49.4 Å². The van der Waals surface area contributed by atoms with Gasteiger partial charge in [0.05, 0.1) is 0 Å². The van der Waals surface area contributed by atoms with Crippen molar-refractivity contribution in [1.82, 2.24) is 0 Å². The molecule has 0 amide bonds. The predicted molar refractivity (Wildman–Crippen MR) is 215 cm³/mol. The van der Waals surface area contributed by atoms with Crippen LogP contribution in [0.2, 0.25) is 0 Å². The molecule has 0 atom stereocenters. The molecule has 0 N–H and O–H groups in total. The van der Waals surface area contributed by atoms with Crippen LogP contribution in [0.3, 0.4) is 0 Å². The Labute approximate surface area is 487 Å². The third-order valence-electron chi connectivity index (χ3n) is 10.5. The fourth-order valence-corrected chi connectivity index (χ4v) is 27.3. The van der Waals surface area contributed by atoms with Crippen LogP contribution in [0.25, 0.3) is 0 Å². The van der Waals surface area contributed by atoms with Crippen LogP contribution in [0.15, 0.2) is 15.8 Å². The fraction of sp³-hybridized carbons (Fsp3) is 0.857. The first-order valence-electron chi connectivity index (χ1n) is 19.1. The van der Waals surface area contributed by atoms with Gasteiger partial charge in [-0.2, -0.15) is 0 Å². The zero-order valence-corrected chi connectivity index (χ0v) is 46.3. The van der Waals surface area contributed by atoms with Crippen molar-refractivity contribution in [3.8, 4) is 0 Å². The van der Waals surface area contributed by atoms with Crippen molar-refractivity contribution in [2.45, 2.75) is 134 Å². The van der Waals surface area contributed by atoms with E-state index in [1.807, 2.05) is 0 Å². The molecule has 4 aliphatic heterocycles. The molecular weight excluding hydrogens is 1630 g/mol. The normalized spacial score (nSPS) is 25.5. The molecule has 4 aliphatic rings. The van der Waals surface area contributed by atoms with E-state index in [9.17, 15) is 105 Å². The average Bonchev–Trinajstić information content (AvgIpc) is 1.58. The van der Waals surface area contributed by atoms with Gasteiger partial charge in [-0.25, -0.2) is 0 Å². The predicted octanol–water partition coefficient (Wildman–Crippen LogP) is 19.7. The molecule has 520 valence electrons. The van der Waals surface area contributed by atoms with Crippen LogP contribution >= 0.6 is 94.1 Å². The maximum absolute atomic E-state index is 15.1. The minimum absolute atomic E-state index is 0.896. The van der Waals surface area contributed by atoms with Crippen molar-refractivity contribution in [1.29, 1.82) is 0 Å². The minimum atomic E-state index is -12.5. The van der Waals surface area contributed by atoms with E-state index in [1.54, 1.807) is 0 Å². The molecule has 4 saturated heterocycles. The number of hydrogen-bond acceptors (Lipinski definition) is 12. The van der Waals surface area contributed by atoms with E-state index in [1.165, 1.54) is 0 Å². The number of rotatable bonds is 4. The summed E-state index contributed by atoms with van der Waals surface area (Å²) in [6.07, 6.45) is -138. The molecule has 4 nitrogen and oxygen atoms in total. The summed E-state index contributed by atoms with van der Waals surface area (Å²) in [5, 5.41) is -22.0. The van der Waals surface area contributed by atoms with Crippen molar-refractivity contribution in [2.24, 2.45) is 15.8 Å². The third kappa shape index (κ3) is 11.7. The van der Waals surface area contributed by atoms with E-state index in [-0.39, 0.29) is 0 Å². The molecule has 4 rings (SSSR count). The van der Waals surface area contributed by atoms with Crippen LogP contribution in [0.1, 0.15) is 0 Å². The van der Waals surface area contributed by atoms with Gasteiger partial charge in [-0.1, -0.05) is 0 Å². The molecule has 89 heavy (non-hydrogen) atoms. The molecular formula is C28F48GeN4S8. The number of hydrogen-bond donors (Lipinski definition) is 0. The van der Waals surface area contributed by atoms with Crippen LogP contribution in [0, 0.1) is 0 Å². The summed E-state index contributed by atoms with van der Waals surface area (Å²) in [6.45, 7) is 0. The summed E-state index contributed by atoms with van der Waals surface area (Å²) >= 11 is -45.4. The molecule has 0 bridgehead atoms. The molecule has 61 heteroatoms. The molecule has 0 saturated carbocycles. The third-order valence-corrected chi connectivity index (χ3v) is 31.0. The monoisotopic (exact) mass is 1630 g/mol. The first kappa shape index (κ1) is 80.1. The Morgan fingerprint density at radius 1 is 0.180 bits per heavy atom. The van der Waals surface area contributed by atoms with Crippen LogP contribution < -0.4 is 0 Å². The van der Waals surface area contributed by atoms with Gasteiger partial charge in [0.2, 0.25) is 0 Å². The van der Waals surface area contributed by atoms with Gasteiger partial charge in [-0.05, 0) is 0 Å². The van der Waals surface area contributed by atoms with Gasteiger partial charge in [0.25, 0.3) is 0 Å². The quantitative estimate of drug-likeness (QED) is 0.204.